The monoisotopic (exact) mass is 384 g/mol. The highest BCUT2D eigenvalue weighted by molar-refractivity contribution is 5.77. The summed E-state index contributed by atoms with van der Waals surface area (Å²) in [5.74, 6) is -0.740. The molecule has 1 atom stereocenters. The fourth-order valence-corrected chi connectivity index (χ4v) is 2.85. The van der Waals surface area contributed by atoms with Crippen molar-refractivity contribution < 1.29 is 14.5 Å². The molecule has 3 aromatic rings. The number of fused-ring (bicyclic) bond motifs is 1. The van der Waals surface area contributed by atoms with Crippen molar-refractivity contribution in [3.05, 3.63) is 73.5 Å². The van der Waals surface area contributed by atoms with Gasteiger partial charge in [-0.05, 0) is 32.0 Å². The molecule has 0 aliphatic rings. The molecule has 0 amide bonds. The van der Waals surface area contributed by atoms with Gasteiger partial charge in [-0.2, -0.15) is 0 Å². The molecule has 1 aromatic carbocycles. The zero-order valence-corrected chi connectivity index (χ0v) is 15.1. The standard InChI is InChI=1S/C18H16N4O6/c1-3-28-17(24)11(2)20-16(23)14-8-5-9-19-15(14)21(18(20)25)12-6-4-7-13(10-12)22(26)27/h4-11H,3H2,1-2H3/t11-/m0/s1. The number of aromatic nitrogens is 3. The Morgan fingerprint density at radius 1 is 1.29 bits per heavy atom. The Hall–Kier alpha value is -3.82. The Morgan fingerprint density at radius 2 is 2.04 bits per heavy atom. The molecule has 0 saturated heterocycles. The predicted octanol–water partition coefficient (Wildman–Crippen LogP) is 1.58. The number of nitrogens with zero attached hydrogens (tertiary/aromatic N) is 4. The molecule has 28 heavy (non-hydrogen) atoms. The molecule has 0 aliphatic carbocycles. The molecular formula is C18H16N4O6. The first-order valence-electron chi connectivity index (χ1n) is 8.40. The van der Waals surface area contributed by atoms with Gasteiger partial charge in [0.25, 0.3) is 11.2 Å². The highest BCUT2D eigenvalue weighted by atomic mass is 16.6. The topological polar surface area (TPSA) is 126 Å². The third-order valence-electron chi connectivity index (χ3n) is 4.16. The van der Waals surface area contributed by atoms with Crippen molar-refractivity contribution in [3.8, 4) is 5.69 Å². The summed E-state index contributed by atoms with van der Waals surface area (Å²) < 4.78 is 6.76. The number of esters is 1. The lowest BCUT2D eigenvalue weighted by molar-refractivity contribution is -0.384. The van der Waals surface area contributed by atoms with E-state index in [1.54, 1.807) is 6.92 Å². The van der Waals surface area contributed by atoms with Gasteiger partial charge < -0.3 is 4.74 Å². The van der Waals surface area contributed by atoms with Gasteiger partial charge in [-0.15, -0.1) is 0 Å². The van der Waals surface area contributed by atoms with Gasteiger partial charge in [0.2, 0.25) is 0 Å². The Labute approximate surface area is 157 Å². The summed E-state index contributed by atoms with van der Waals surface area (Å²) >= 11 is 0. The molecule has 0 unspecified atom stereocenters. The molecule has 3 rings (SSSR count). The van der Waals surface area contributed by atoms with Gasteiger partial charge in [0.05, 0.1) is 22.6 Å². The number of benzene rings is 1. The van der Waals surface area contributed by atoms with E-state index in [1.807, 2.05) is 0 Å². The van der Waals surface area contributed by atoms with E-state index in [2.05, 4.69) is 4.98 Å². The van der Waals surface area contributed by atoms with Crippen molar-refractivity contribution in [2.45, 2.75) is 19.9 Å². The zero-order valence-electron chi connectivity index (χ0n) is 15.1. The number of ether oxygens (including phenoxy) is 1. The van der Waals surface area contributed by atoms with Crippen molar-refractivity contribution in [1.82, 2.24) is 14.1 Å². The van der Waals surface area contributed by atoms with Gasteiger partial charge in [0.15, 0.2) is 5.65 Å². The Kier molecular flexibility index (Phi) is 5.03. The molecule has 0 aliphatic heterocycles. The molecule has 0 spiro atoms. The van der Waals surface area contributed by atoms with Crippen LogP contribution in [0.5, 0.6) is 0 Å². The number of pyridine rings is 1. The van der Waals surface area contributed by atoms with E-state index in [0.717, 1.165) is 9.13 Å². The van der Waals surface area contributed by atoms with Gasteiger partial charge >= 0.3 is 11.7 Å². The lowest BCUT2D eigenvalue weighted by atomic mass is 10.2. The van der Waals surface area contributed by atoms with Crippen LogP contribution in [0.1, 0.15) is 19.9 Å². The van der Waals surface area contributed by atoms with Crippen LogP contribution in [0.4, 0.5) is 5.69 Å². The van der Waals surface area contributed by atoms with Crippen molar-refractivity contribution in [2.24, 2.45) is 0 Å². The number of non-ortho nitro benzene ring substituents is 1. The van der Waals surface area contributed by atoms with Crippen molar-refractivity contribution >= 4 is 22.7 Å². The number of rotatable bonds is 5. The molecule has 0 saturated carbocycles. The van der Waals surface area contributed by atoms with E-state index in [-0.39, 0.29) is 29.0 Å². The molecule has 0 fully saturated rings. The first-order valence-corrected chi connectivity index (χ1v) is 8.40. The summed E-state index contributed by atoms with van der Waals surface area (Å²) in [7, 11) is 0. The fraction of sp³-hybridized carbons (Fsp3) is 0.222. The molecule has 10 nitrogen and oxygen atoms in total. The smallest absolute Gasteiger partial charge is 0.338 e. The molecular weight excluding hydrogens is 368 g/mol. The van der Waals surface area contributed by atoms with Gasteiger partial charge in [-0.25, -0.2) is 23.7 Å². The summed E-state index contributed by atoms with van der Waals surface area (Å²) in [6.45, 7) is 3.08. The van der Waals surface area contributed by atoms with Crippen molar-refractivity contribution in [1.29, 1.82) is 0 Å². The maximum atomic E-state index is 13.1. The van der Waals surface area contributed by atoms with Crippen molar-refractivity contribution in [2.75, 3.05) is 6.61 Å². The Balaban J connectivity index is 2.39. The van der Waals surface area contributed by atoms with Crippen LogP contribution < -0.4 is 11.2 Å². The normalized spacial score (nSPS) is 11.9. The molecule has 0 N–H and O–H groups in total. The third-order valence-corrected chi connectivity index (χ3v) is 4.16. The van der Waals surface area contributed by atoms with Gasteiger partial charge in [0, 0.05) is 18.3 Å². The van der Waals surface area contributed by atoms with E-state index in [4.69, 9.17) is 4.74 Å². The van der Waals surface area contributed by atoms with Crippen LogP contribution in [0, 0.1) is 10.1 Å². The van der Waals surface area contributed by atoms with Crippen LogP contribution in [0.3, 0.4) is 0 Å². The van der Waals surface area contributed by atoms with Crippen LogP contribution in [0.15, 0.2) is 52.2 Å². The second-order valence-electron chi connectivity index (χ2n) is 5.87. The summed E-state index contributed by atoms with van der Waals surface area (Å²) in [4.78, 5) is 52.7. The average Bonchev–Trinajstić information content (AvgIpc) is 2.68. The number of carbonyl (C=O) groups excluding carboxylic acids is 1. The number of hydrogen-bond acceptors (Lipinski definition) is 7. The summed E-state index contributed by atoms with van der Waals surface area (Å²) in [6.07, 6.45) is 1.40. The number of hydrogen-bond donors (Lipinski definition) is 0. The quantitative estimate of drug-likeness (QED) is 0.371. The highest BCUT2D eigenvalue weighted by Gasteiger charge is 2.24. The summed E-state index contributed by atoms with van der Waals surface area (Å²) in [5, 5.41) is 11.2. The summed E-state index contributed by atoms with van der Waals surface area (Å²) in [5.41, 5.74) is -1.60. The number of carbonyl (C=O) groups is 1. The SMILES string of the molecule is CCOC(=O)[C@H](C)n1c(=O)c2cccnc2n(-c2cccc([N+](=O)[O-])c2)c1=O. The minimum atomic E-state index is -1.19. The minimum Gasteiger partial charge on any atom is -0.464 e. The second kappa shape index (κ2) is 7.43. The maximum absolute atomic E-state index is 13.1. The molecule has 144 valence electrons. The molecule has 10 heteroatoms. The third kappa shape index (κ3) is 3.15. The highest BCUT2D eigenvalue weighted by Crippen LogP contribution is 2.18. The van der Waals surface area contributed by atoms with Gasteiger partial charge in [0.1, 0.15) is 6.04 Å². The maximum Gasteiger partial charge on any atom is 0.338 e. The van der Waals surface area contributed by atoms with E-state index in [0.29, 0.717) is 0 Å². The molecule has 2 aromatic heterocycles. The summed E-state index contributed by atoms with van der Waals surface area (Å²) in [6, 6.07) is 7.17. The number of nitro benzene ring substituents is 1. The van der Waals surface area contributed by atoms with Gasteiger partial charge in [-0.1, -0.05) is 6.07 Å². The van der Waals surface area contributed by atoms with E-state index >= 15 is 0 Å². The van der Waals surface area contributed by atoms with Crippen LogP contribution >= 0.6 is 0 Å². The first-order chi connectivity index (χ1) is 13.4. The van der Waals surface area contributed by atoms with Crippen LogP contribution in [-0.2, 0) is 9.53 Å². The second-order valence-corrected chi connectivity index (χ2v) is 5.87. The first kappa shape index (κ1) is 19.0. The lowest BCUT2D eigenvalue weighted by Gasteiger charge is -2.17. The molecule has 0 radical (unpaired) electrons. The van der Waals surface area contributed by atoms with Crippen LogP contribution in [-0.4, -0.2) is 31.6 Å². The van der Waals surface area contributed by atoms with E-state index < -0.39 is 28.2 Å². The average molecular weight is 384 g/mol. The number of nitro groups is 1. The molecule has 0 bridgehead atoms. The Morgan fingerprint density at radius 3 is 2.71 bits per heavy atom. The minimum absolute atomic E-state index is 0.0327. The van der Waals surface area contributed by atoms with E-state index in [1.165, 1.54) is 49.5 Å². The predicted molar refractivity (Wildman–Crippen MR) is 99.6 cm³/mol. The fourth-order valence-electron chi connectivity index (χ4n) is 2.85. The van der Waals surface area contributed by atoms with Gasteiger partial charge in [-0.3, -0.25) is 14.9 Å². The van der Waals surface area contributed by atoms with Crippen LogP contribution in [0.2, 0.25) is 0 Å². The van der Waals surface area contributed by atoms with E-state index in [9.17, 15) is 24.5 Å². The molecule has 2 heterocycles. The van der Waals surface area contributed by atoms with Crippen molar-refractivity contribution in [3.63, 3.8) is 0 Å². The largest absolute Gasteiger partial charge is 0.464 e. The lowest BCUT2D eigenvalue weighted by Crippen LogP contribution is -2.43. The Bertz CT molecular complexity index is 1200. The zero-order chi connectivity index (χ0) is 20.4. The van der Waals surface area contributed by atoms with Crippen LogP contribution in [0.25, 0.3) is 16.7 Å².